The monoisotopic (exact) mass is 300 g/mol. The number of hydrogen-bond donors (Lipinski definition) is 1. The van der Waals surface area contributed by atoms with Gasteiger partial charge in [-0.25, -0.2) is 4.79 Å². The molecule has 0 radical (unpaired) electrons. The molecule has 0 bridgehead atoms. The molecule has 0 aromatic heterocycles. The van der Waals surface area contributed by atoms with Crippen LogP contribution in [0, 0.1) is 0 Å². The largest absolute Gasteiger partial charge is 0.478 e. The van der Waals surface area contributed by atoms with E-state index in [1.54, 1.807) is 0 Å². The first kappa shape index (κ1) is 12.4. The highest BCUT2D eigenvalue weighted by molar-refractivity contribution is 9.10. The Morgan fingerprint density at radius 2 is 2.00 bits per heavy atom. The lowest BCUT2D eigenvalue weighted by atomic mass is 10.2. The third-order valence-corrected chi connectivity index (χ3v) is 2.68. The van der Waals surface area contributed by atoms with Crippen LogP contribution in [0.5, 0.6) is 0 Å². The number of carbonyl (C=O) groups is 1. The molecule has 0 aliphatic heterocycles. The Kier molecular flexibility index (Phi) is 3.67. The molecule has 0 spiro atoms. The summed E-state index contributed by atoms with van der Waals surface area (Å²) in [7, 11) is 0. The molecule has 0 saturated heterocycles. The predicted molar refractivity (Wildman–Crippen MR) is 53.0 cm³/mol. The van der Waals surface area contributed by atoms with Gasteiger partial charge in [-0.2, -0.15) is 13.2 Å². The minimum Gasteiger partial charge on any atom is -0.478 e. The van der Waals surface area contributed by atoms with Crippen LogP contribution >= 0.6 is 27.7 Å². The van der Waals surface area contributed by atoms with Crippen LogP contribution in [-0.2, 0) is 0 Å². The van der Waals surface area contributed by atoms with Gasteiger partial charge in [-0.05, 0) is 30.0 Å². The Labute approximate surface area is 95.6 Å². The number of benzene rings is 1. The molecule has 7 heteroatoms. The summed E-state index contributed by atoms with van der Waals surface area (Å²) in [5, 5.41) is 8.66. The van der Waals surface area contributed by atoms with Crippen molar-refractivity contribution in [1.82, 2.24) is 0 Å². The second-order valence-electron chi connectivity index (χ2n) is 2.49. The van der Waals surface area contributed by atoms with Crippen molar-refractivity contribution in [3.63, 3.8) is 0 Å². The van der Waals surface area contributed by atoms with Crippen LogP contribution in [0.4, 0.5) is 13.2 Å². The van der Waals surface area contributed by atoms with Gasteiger partial charge in [0.05, 0.1) is 5.56 Å². The van der Waals surface area contributed by atoms with Crippen molar-refractivity contribution in [2.45, 2.75) is 10.4 Å². The number of halogens is 4. The first-order valence-corrected chi connectivity index (χ1v) is 5.19. The smallest absolute Gasteiger partial charge is 0.446 e. The van der Waals surface area contributed by atoms with E-state index in [2.05, 4.69) is 15.9 Å². The Hall–Kier alpha value is -0.690. The summed E-state index contributed by atoms with van der Waals surface area (Å²) in [5.74, 6) is -1.38. The number of aromatic carboxylic acids is 1. The van der Waals surface area contributed by atoms with E-state index >= 15 is 0 Å². The van der Waals surface area contributed by atoms with Gasteiger partial charge in [-0.3, -0.25) is 0 Å². The van der Waals surface area contributed by atoms with Gasteiger partial charge < -0.3 is 5.11 Å². The van der Waals surface area contributed by atoms with Crippen molar-refractivity contribution >= 4 is 33.7 Å². The fourth-order valence-corrected chi connectivity index (χ4v) is 2.10. The molecule has 0 amide bonds. The molecular weight excluding hydrogens is 297 g/mol. The minimum absolute atomic E-state index is 0.329. The number of rotatable bonds is 2. The van der Waals surface area contributed by atoms with Gasteiger partial charge in [0.2, 0.25) is 0 Å². The normalized spacial score (nSPS) is 11.5. The number of carboxylic acid groups (broad SMARTS) is 1. The average Bonchev–Trinajstić information content (AvgIpc) is 1.99. The molecule has 82 valence electrons. The molecule has 1 aromatic carbocycles. The van der Waals surface area contributed by atoms with E-state index < -0.39 is 23.2 Å². The Balaban J connectivity index is 3.13. The first-order valence-electron chi connectivity index (χ1n) is 3.58. The van der Waals surface area contributed by atoms with E-state index in [1.165, 1.54) is 6.07 Å². The molecule has 1 rings (SSSR count). The topological polar surface area (TPSA) is 37.3 Å². The molecule has 0 unspecified atom stereocenters. The summed E-state index contributed by atoms with van der Waals surface area (Å²) in [5.41, 5.74) is -4.86. The molecule has 0 aliphatic carbocycles. The Morgan fingerprint density at radius 3 is 2.47 bits per heavy atom. The number of hydrogen-bond acceptors (Lipinski definition) is 2. The van der Waals surface area contributed by atoms with E-state index in [0.29, 0.717) is 4.47 Å². The summed E-state index contributed by atoms with van der Waals surface area (Å²) in [6.45, 7) is 0. The van der Waals surface area contributed by atoms with Crippen molar-refractivity contribution in [2.75, 3.05) is 0 Å². The van der Waals surface area contributed by atoms with Crippen molar-refractivity contribution in [3.8, 4) is 0 Å². The van der Waals surface area contributed by atoms with Crippen LogP contribution < -0.4 is 0 Å². The molecule has 15 heavy (non-hydrogen) atoms. The van der Waals surface area contributed by atoms with E-state index in [0.717, 1.165) is 12.1 Å². The van der Waals surface area contributed by atoms with E-state index in [1.807, 2.05) is 0 Å². The van der Waals surface area contributed by atoms with Crippen molar-refractivity contribution < 1.29 is 23.1 Å². The van der Waals surface area contributed by atoms with Gasteiger partial charge >= 0.3 is 11.5 Å². The van der Waals surface area contributed by atoms with Crippen molar-refractivity contribution in [1.29, 1.82) is 0 Å². The molecule has 0 aliphatic rings. The van der Waals surface area contributed by atoms with Crippen molar-refractivity contribution in [2.24, 2.45) is 0 Å². The minimum atomic E-state index is -4.50. The summed E-state index contributed by atoms with van der Waals surface area (Å²) >= 11 is 2.54. The maximum absolute atomic E-state index is 12.1. The van der Waals surface area contributed by atoms with E-state index in [-0.39, 0.29) is 10.5 Å². The zero-order valence-electron chi connectivity index (χ0n) is 7.01. The highest BCUT2D eigenvalue weighted by atomic mass is 79.9. The molecule has 0 fully saturated rings. The highest BCUT2D eigenvalue weighted by Gasteiger charge is 2.31. The Bertz CT molecular complexity index is 392. The predicted octanol–water partition coefficient (Wildman–Crippen LogP) is 3.76. The number of carboxylic acids is 1. The maximum Gasteiger partial charge on any atom is 0.446 e. The van der Waals surface area contributed by atoms with E-state index in [4.69, 9.17) is 5.11 Å². The SMILES string of the molecule is O=C(O)c1ccc(Br)cc1SC(F)(F)F. The summed E-state index contributed by atoms with van der Waals surface area (Å²) in [6, 6.07) is 3.63. The van der Waals surface area contributed by atoms with Gasteiger partial charge in [0.15, 0.2) is 0 Å². The molecule has 2 nitrogen and oxygen atoms in total. The van der Waals surface area contributed by atoms with Gasteiger partial charge in [0.1, 0.15) is 0 Å². The van der Waals surface area contributed by atoms with Crippen LogP contribution in [0.3, 0.4) is 0 Å². The second kappa shape index (κ2) is 4.44. The van der Waals surface area contributed by atoms with Crippen molar-refractivity contribution in [3.05, 3.63) is 28.2 Å². The van der Waals surface area contributed by atoms with E-state index in [9.17, 15) is 18.0 Å². The van der Waals surface area contributed by atoms with Crippen LogP contribution in [0.15, 0.2) is 27.6 Å². The number of alkyl halides is 3. The summed E-state index contributed by atoms with van der Waals surface area (Å²) in [6.07, 6.45) is 0. The zero-order valence-corrected chi connectivity index (χ0v) is 9.41. The molecular formula is C8H4BrF3O2S. The Morgan fingerprint density at radius 1 is 1.40 bits per heavy atom. The lowest BCUT2D eigenvalue weighted by Crippen LogP contribution is -2.04. The summed E-state index contributed by atoms with van der Waals surface area (Å²) < 4.78 is 36.6. The van der Waals surface area contributed by atoms with Crippen LogP contribution in [0.2, 0.25) is 0 Å². The fraction of sp³-hybridized carbons (Fsp3) is 0.125. The third kappa shape index (κ3) is 3.75. The fourth-order valence-electron chi connectivity index (χ4n) is 0.882. The first-order chi connectivity index (χ1) is 6.79. The third-order valence-electron chi connectivity index (χ3n) is 1.40. The van der Waals surface area contributed by atoms with Crippen LogP contribution in [0.1, 0.15) is 10.4 Å². The second-order valence-corrected chi connectivity index (χ2v) is 4.52. The highest BCUT2D eigenvalue weighted by Crippen LogP contribution is 2.39. The zero-order chi connectivity index (χ0) is 11.6. The number of thioether (sulfide) groups is 1. The average molecular weight is 301 g/mol. The molecule has 0 saturated carbocycles. The van der Waals surface area contributed by atoms with Gasteiger partial charge in [-0.1, -0.05) is 15.9 Å². The summed E-state index contributed by atoms with van der Waals surface area (Å²) in [4.78, 5) is 10.3. The van der Waals surface area contributed by atoms with Crippen LogP contribution in [-0.4, -0.2) is 16.6 Å². The molecule has 0 atom stereocenters. The standard InChI is InChI=1S/C8H4BrF3O2S/c9-4-1-2-5(7(13)14)6(3-4)15-8(10,11)12/h1-3H,(H,13,14). The van der Waals surface area contributed by atoms with Crippen LogP contribution in [0.25, 0.3) is 0 Å². The maximum atomic E-state index is 12.1. The molecule has 1 N–H and O–H groups in total. The van der Waals surface area contributed by atoms with Gasteiger partial charge in [0, 0.05) is 9.37 Å². The molecule has 1 aromatic rings. The lowest BCUT2D eigenvalue weighted by molar-refractivity contribution is -0.0328. The van der Waals surface area contributed by atoms with Gasteiger partial charge in [0.25, 0.3) is 0 Å². The quantitative estimate of drug-likeness (QED) is 0.845. The molecule has 0 heterocycles. The lowest BCUT2D eigenvalue weighted by Gasteiger charge is -2.08. The van der Waals surface area contributed by atoms with Gasteiger partial charge in [-0.15, -0.1) is 0 Å².